The molecule has 0 unspecified atom stereocenters. The van der Waals surface area contributed by atoms with E-state index in [0.717, 1.165) is 25.3 Å². The number of aromatic amines is 1. The molecule has 1 fully saturated rings. The summed E-state index contributed by atoms with van der Waals surface area (Å²) in [6.07, 6.45) is -7.83. The van der Waals surface area contributed by atoms with E-state index in [0.29, 0.717) is 11.6 Å². The number of piperazine rings is 1. The van der Waals surface area contributed by atoms with Gasteiger partial charge < -0.3 is 20.3 Å². The van der Waals surface area contributed by atoms with Crippen molar-refractivity contribution in [3.63, 3.8) is 0 Å². The van der Waals surface area contributed by atoms with Crippen LogP contribution in [0.3, 0.4) is 0 Å². The highest BCUT2D eigenvalue weighted by atomic mass is 19.4. The molecule has 0 bridgehead atoms. The predicted octanol–water partition coefficient (Wildman–Crippen LogP) is 3.00. The van der Waals surface area contributed by atoms with Crippen molar-refractivity contribution < 1.29 is 22.7 Å². The largest absolute Gasteiger partial charge is 0.480 e. The molecule has 12 heteroatoms. The summed E-state index contributed by atoms with van der Waals surface area (Å²) < 4.78 is 45.0. The van der Waals surface area contributed by atoms with Crippen molar-refractivity contribution in [1.29, 1.82) is 0 Å². The normalized spacial score (nSPS) is 17.3. The van der Waals surface area contributed by atoms with Crippen molar-refractivity contribution in [3.8, 4) is 17.1 Å². The number of ether oxygens (including phenoxy) is 1. The third-order valence-corrected chi connectivity index (χ3v) is 5.31. The lowest BCUT2D eigenvalue weighted by Gasteiger charge is -2.34. The maximum Gasteiger partial charge on any atom is 0.393 e. The van der Waals surface area contributed by atoms with Crippen LogP contribution in [0.15, 0.2) is 48.5 Å². The Hall–Kier alpha value is -3.67. The molecule has 0 spiro atoms. The molecule has 1 aliphatic rings. The second-order valence-corrected chi connectivity index (χ2v) is 7.99. The predicted molar refractivity (Wildman–Crippen MR) is 119 cm³/mol. The minimum Gasteiger partial charge on any atom is -0.480 e. The molecule has 1 saturated heterocycles. The van der Waals surface area contributed by atoms with Crippen molar-refractivity contribution in [2.45, 2.75) is 31.7 Å². The van der Waals surface area contributed by atoms with Gasteiger partial charge in [-0.25, -0.2) is 0 Å². The van der Waals surface area contributed by atoms with Crippen LogP contribution in [-0.2, 0) is 4.79 Å². The van der Waals surface area contributed by atoms with E-state index in [1.165, 1.54) is 12.1 Å². The monoisotopic (exact) mass is 475 g/mol. The number of nitrogens with one attached hydrogen (secondary N) is 3. The molecule has 2 aromatic carbocycles. The van der Waals surface area contributed by atoms with E-state index in [1.54, 1.807) is 36.4 Å². The van der Waals surface area contributed by atoms with E-state index in [9.17, 15) is 18.0 Å². The number of hydrogen-bond donors (Lipinski definition) is 3. The second-order valence-electron chi connectivity index (χ2n) is 7.99. The Balaban J connectivity index is 1.60. The zero-order valence-corrected chi connectivity index (χ0v) is 18.3. The first kappa shape index (κ1) is 23.5. The molecule has 0 saturated carbocycles. The minimum atomic E-state index is -4.60. The highest BCUT2D eigenvalue weighted by Gasteiger charge is 2.37. The Morgan fingerprint density at radius 2 is 2.06 bits per heavy atom. The van der Waals surface area contributed by atoms with Crippen LogP contribution in [0.5, 0.6) is 5.75 Å². The zero-order chi connectivity index (χ0) is 24.1. The van der Waals surface area contributed by atoms with Gasteiger partial charge in [-0.05, 0) is 42.5 Å². The molecule has 180 valence electrons. The molecular formula is C22H24F3N7O2. The summed E-state index contributed by atoms with van der Waals surface area (Å²) in [6.45, 7) is 4.44. The lowest BCUT2D eigenvalue weighted by molar-refractivity contribution is -0.158. The summed E-state index contributed by atoms with van der Waals surface area (Å²) >= 11 is 0. The minimum absolute atomic E-state index is 0.161. The van der Waals surface area contributed by atoms with Gasteiger partial charge in [0.1, 0.15) is 5.75 Å². The number of nitrogens with zero attached hydrogens (tertiary/aromatic N) is 4. The highest BCUT2D eigenvalue weighted by molar-refractivity contribution is 5.98. The van der Waals surface area contributed by atoms with Gasteiger partial charge in [0.2, 0.25) is 5.82 Å². The van der Waals surface area contributed by atoms with Crippen molar-refractivity contribution >= 4 is 17.3 Å². The van der Waals surface area contributed by atoms with E-state index >= 15 is 0 Å². The van der Waals surface area contributed by atoms with E-state index in [4.69, 9.17) is 4.74 Å². The van der Waals surface area contributed by atoms with Crippen molar-refractivity contribution in [2.75, 3.05) is 29.9 Å². The van der Waals surface area contributed by atoms with Gasteiger partial charge >= 0.3 is 6.18 Å². The van der Waals surface area contributed by atoms with Crippen LogP contribution < -0.4 is 20.3 Å². The molecule has 34 heavy (non-hydrogen) atoms. The van der Waals surface area contributed by atoms with Crippen LogP contribution in [0.1, 0.15) is 13.3 Å². The van der Waals surface area contributed by atoms with Crippen LogP contribution in [0, 0.1) is 0 Å². The van der Waals surface area contributed by atoms with Crippen LogP contribution in [0.2, 0.25) is 0 Å². The summed E-state index contributed by atoms with van der Waals surface area (Å²) in [5.74, 6) is -0.570. The fraction of sp³-hybridized carbons (Fsp3) is 0.364. The van der Waals surface area contributed by atoms with Gasteiger partial charge in [0.15, 0.2) is 6.10 Å². The maximum atomic E-state index is 13.2. The summed E-state index contributed by atoms with van der Waals surface area (Å²) in [7, 11) is 0. The standard InChI is InChI=1S/C22H24F3N7O2/c1-14-13-32(10-9-26-14)15-7-8-18(17(11-15)20-28-30-31-29-20)27-21(33)19(12-22(23,24)25)34-16-5-3-2-4-6-16/h2-8,11,14,19,26H,9-10,12-13H2,1H3,(H,27,33)(H,28,29,30,31)/t14-,19-/m0/s1. The molecule has 0 radical (unpaired) electrons. The molecule has 2 atom stereocenters. The van der Waals surface area contributed by atoms with E-state index in [-0.39, 0.29) is 17.3 Å². The average molecular weight is 475 g/mol. The quantitative estimate of drug-likeness (QED) is 0.482. The molecule has 1 aromatic heterocycles. The topological polar surface area (TPSA) is 108 Å². The number of halogens is 3. The number of para-hydroxylation sites is 1. The summed E-state index contributed by atoms with van der Waals surface area (Å²) in [4.78, 5) is 15.1. The molecular weight excluding hydrogens is 451 g/mol. The van der Waals surface area contributed by atoms with Gasteiger partial charge in [-0.3, -0.25) is 4.79 Å². The molecule has 1 amide bonds. The summed E-state index contributed by atoms with van der Waals surface area (Å²) in [5, 5.41) is 19.8. The highest BCUT2D eigenvalue weighted by Crippen LogP contribution is 2.32. The maximum absolute atomic E-state index is 13.2. The summed E-state index contributed by atoms with van der Waals surface area (Å²) in [5.41, 5.74) is 1.55. The Morgan fingerprint density at radius 1 is 1.26 bits per heavy atom. The van der Waals surface area contributed by atoms with Crippen LogP contribution in [-0.4, -0.2) is 64.5 Å². The Labute approximate surface area is 193 Å². The van der Waals surface area contributed by atoms with E-state index in [2.05, 4.69) is 43.1 Å². The Morgan fingerprint density at radius 3 is 2.74 bits per heavy atom. The Bertz CT molecular complexity index is 1090. The van der Waals surface area contributed by atoms with Gasteiger partial charge in [0.25, 0.3) is 5.91 Å². The number of carbonyl (C=O) groups excluding carboxylic acids is 1. The lowest BCUT2D eigenvalue weighted by Crippen LogP contribution is -2.49. The molecule has 9 nitrogen and oxygen atoms in total. The van der Waals surface area contributed by atoms with Crippen LogP contribution in [0.25, 0.3) is 11.4 Å². The molecule has 3 N–H and O–H groups in total. The Kier molecular flexibility index (Phi) is 6.96. The first-order chi connectivity index (χ1) is 16.3. The fourth-order valence-electron chi connectivity index (χ4n) is 3.74. The zero-order valence-electron chi connectivity index (χ0n) is 18.3. The number of aromatic nitrogens is 4. The van der Waals surface area contributed by atoms with Gasteiger partial charge in [0, 0.05) is 36.9 Å². The number of anilines is 2. The number of carbonyl (C=O) groups is 1. The molecule has 1 aliphatic heterocycles. The third-order valence-electron chi connectivity index (χ3n) is 5.31. The van der Waals surface area contributed by atoms with E-state index < -0.39 is 24.6 Å². The van der Waals surface area contributed by atoms with Gasteiger partial charge in [-0.15, -0.1) is 10.2 Å². The molecule has 0 aliphatic carbocycles. The molecule has 3 aromatic rings. The molecule has 4 rings (SSSR count). The van der Waals surface area contributed by atoms with Crippen LogP contribution in [0.4, 0.5) is 24.5 Å². The van der Waals surface area contributed by atoms with Crippen LogP contribution >= 0.6 is 0 Å². The van der Waals surface area contributed by atoms with Gasteiger partial charge in [-0.2, -0.15) is 18.4 Å². The van der Waals surface area contributed by atoms with Gasteiger partial charge in [-0.1, -0.05) is 18.2 Å². The van der Waals surface area contributed by atoms with Crippen molar-refractivity contribution in [3.05, 3.63) is 48.5 Å². The number of amides is 1. The first-order valence-electron chi connectivity index (χ1n) is 10.7. The fourth-order valence-corrected chi connectivity index (χ4v) is 3.74. The van der Waals surface area contributed by atoms with Gasteiger partial charge in [0.05, 0.1) is 12.1 Å². The molecule has 2 heterocycles. The number of alkyl halides is 3. The average Bonchev–Trinajstić information content (AvgIpc) is 3.33. The number of hydrogen-bond acceptors (Lipinski definition) is 7. The first-order valence-corrected chi connectivity index (χ1v) is 10.7. The van der Waals surface area contributed by atoms with E-state index in [1.807, 2.05) is 0 Å². The number of tetrazole rings is 1. The number of H-pyrrole nitrogens is 1. The SMILES string of the molecule is C[C@H]1CN(c2ccc(NC(=O)[C@H](CC(F)(F)F)Oc3ccccc3)c(-c3nn[nH]n3)c2)CCN1. The summed E-state index contributed by atoms with van der Waals surface area (Å²) in [6, 6.07) is 13.4. The van der Waals surface area contributed by atoms with Crippen molar-refractivity contribution in [1.82, 2.24) is 25.9 Å². The second kappa shape index (κ2) is 10.1. The number of rotatable bonds is 7. The lowest BCUT2D eigenvalue weighted by atomic mass is 10.1. The smallest absolute Gasteiger partial charge is 0.393 e. The van der Waals surface area contributed by atoms with Crippen molar-refractivity contribution in [2.24, 2.45) is 0 Å². The number of benzene rings is 2. The third kappa shape index (κ3) is 6.01.